The third kappa shape index (κ3) is 4.48. The number of anilines is 2. The number of halogens is 1. The fraction of sp³-hybridized carbons (Fsp3) is 0.450. The van der Waals surface area contributed by atoms with Crippen LogP contribution in [0.5, 0.6) is 0 Å². The number of rotatable bonds is 2. The van der Waals surface area contributed by atoms with Crippen molar-refractivity contribution < 1.29 is 4.79 Å². The van der Waals surface area contributed by atoms with Gasteiger partial charge in [-0.25, -0.2) is 9.78 Å². The second-order valence-electron chi connectivity index (χ2n) is 7.49. The van der Waals surface area contributed by atoms with E-state index in [-0.39, 0.29) is 12.1 Å². The van der Waals surface area contributed by atoms with E-state index in [1.165, 1.54) is 0 Å². The maximum absolute atomic E-state index is 12.7. The van der Waals surface area contributed by atoms with Gasteiger partial charge in [-0.05, 0) is 37.5 Å². The maximum Gasteiger partial charge on any atom is 0.318 e. The quantitative estimate of drug-likeness (QED) is 0.632. The smallest absolute Gasteiger partial charge is 0.318 e. The SMILES string of the molecule is Nc1cc(N2CCN(C(=O)N[C@H]3CCCCNC3=S)CC2)c2ccc(Cl)cc2n1. The molecule has 2 fully saturated rings. The zero-order valence-electron chi connectivity index (χ0n) is 16.2. The predicted octanol–water partition coefficient (Wildman–Crippen LogP) is 2.77. The van der Waals surface area contributed by atoms with Gasteiger partial charge in [0.1, 0.15) is 5.82 Å². The lowest BCUT2D eigenvalue weighted by Crippen LogP contribution is -2.55. The van der Waals surface area contributed by atoms with Crippen molar-refractivity contribution in [3.63, 3.8) is 0 Å². The molecule has 0 radical (unpaired) electrons. The number of piperazine rings is 1. The fourth-order valence-corrected chi connectivity index (χ4v) is 4.38. The summed E-state index contributed by atoms with van der Waals surface area (Å²) in [4.78, 5) is 22.0. The number of carbonyl (C=O) groups excluding carboxylic acids is 1. The third-order valence-electron chi connectivity index (χ3n) is 5.51. The third-order valence-corrected chi connectivity index (χ3v) is 6.17. The van der Waals surface area contributed by atoms with Gasteiger partial charge in [0.25, 0.3) is 0 Å². The van der Waals surface area contributed by atoms with Crippen molar-refractivity contribution in [3.05, 3.63) is 29.3 Å². The zero-order chi connectivity index (χ0) is 20.4. The summed E-state index contributed by atoms with van der Waals surface area (Å²) in [7, 11) is 0. The molecule has 2 aromatic rings. The lowest BCUT2D eigenvalue weighted by molar-refractivity contribution is 0.192. The van der Waals surface area contributed by atoms with Crippen LogP contribution < -0.4 is 21.3 Å². The Labute approximate surface area is 180 Å². The van der Waals surface area contributed by atoms with E-state index in [1.807, 2.05) is 29.2 Å². The summed E-state index contributed by atoms with van der Waals surface area (Å²) in [5.41, 5.74) is 7.82. The molecule has 2 aliphatic rings. The summed E-state index contributed by atoms with van der Waals surface area (Å²) in [5, 5.41) is 7.96. The molecule has 1 atom stereocenters. The minimum absolute atomic E-state index is 0.0495. The van der Waals surface area contributed by atoms with Crippen molar-refractivity contribution in [2.45, 2.75) is 25.3 Å². The molecule has 2 aliphatic heterocycles. The van der Waals surface area contributed by atoms with E-state index in [0.717, 1.165) is 60.5 Å². The highest BCUT2D eigenvalue weighted by atomic mass is 35.5. The molecule has 0 unspecified atom stereocenters. The molecule has 7 nitrogen and oxygen atoms in total. The van der Waals surface area contributed by atoms with Crippen molar-refractivity contribution in [1.82, 2.24) is 20.5 Å². The highest BCUT2D eigenvalue weighted by Gasteiger charge is 2.26. The number of hydrogen-bond acceptors (Lipinski definition) is 5. The van der Waals surface area contributed by atoms with Crippen molar-refractivity contribution in [2.75, 3.05) is 43.4 Å². The summed E-state index contributed by atoms with van der Waals surface area (Å²) in [6.45, 7) is 3.61. The number of thiocarbonyl (C=S) groups is 1. The number of fused-ring (bicyclic) bond motifs is 1. The number of urea groups is 1. The van der Waals surface area contributed by atoms with Crippen LogP contribution in [0.2, 0.25) is 5.02 Å². The molecular formula is C20H25ClN6OS. The van der Waals surface area contributed by atoms with Gasteiger partial charge in [-0.1, -0.05) is 23.8 Å². The van der Waals surface area contributed by atoms with E-state index in [1.54, 1.807) is 0 Å². The molecule has 0 spiro atoms. The largest absolute Gasteiger partial charge is 0.384 e. The van der Waals surface area contributed by atoms with E-state index in [2.05, 4.69) is 20.5 Å². The fourth-order valence-electron chi connectivity index (χ4n) is 3.93. The first-order chi connectivity index (χ1) is 14.0. The van der Waals surface area contributed by atoms with Crippen LogP contribution in [0, 0.1) is 0 Å². The Morgan fingerprint density at radius 1 is 1.24 bits per heavy atom. The van der Waals surface area contributed by atoms with Crippen LogP contribution >= 0.6 is 23.8 Å². The van der Waals surface area contributed by atoms with Crippen LogP contribution in [0.3, 0.4) is 0 Å². The standard InChI is InChI=1S/C20H25ClN6OS/c21-13-4-5-14-16(11-13)24-18(22)12-17(14)26-7-9-27(10-8-26)20(28)25-15-3-1-2-6-23-19(15)29/h4-5,11-12,15H,1-3,6-10H2,(H2,22,24)(H,23,29)(H,25,28)/t15-/m0/s1. The first-order valence-corrected chi connectivity index (χ1v) is 10.7. The molecule has 29 heavy (non-hydrogen) atoms. The predicted molar refractivity (Wildman–Crippen MR) is 122 cm³/mol. The molecule has 1 aromatic carbocycles. The molecule has 0 bridgehead atoms. The van der Waals surface area contributed by atoms with Crippen LogP contribution in [0.15, 0.2) is 24.3 Å². The Hall–Kier alpha value is -2.32. The van der Waals surface area contributed by atoms with Crippen LogP contribution in [-0.4, -0.2) is 59.7 Å². The lowest BCUT2D eigenvalue weighted by Gasteiger charge is -2.37. The number of nitrogen functional groups attached to an aromatic ring is 1. The number of aromatic nitrogens is 1. The maximum atomic E-state index is 12.7. The van der Waals surface area contributed by atoms with Gasteiger partial charge in [0, 0.05) is 54.9 Å². The summed E-state index contributed by atoms with van der Waals surface area (Å²) >= 11 is 11.5. The molecule has 3 heterocycles. The van der Waals surface area contributed by atoms with Gasteiger partial charge >= 0.3 is 6.03 Å². The normalized spacial score (nSPS) is 20.3. The van der Waals surface area contributed by atoms with Gasteiger partial charge in [-0.3, -0.25) is 0 Å². The molecule has 4 rings (SSSR count). The molecule has 1 aromatic heterocycles. The highest BCUT2D eigenvalue weighted by molar-refractivity contribution is 7.80. The number of nitrogens with one attached hydrogen (secondary N) is 2. The van der Waals surface area contributed by atoms with E-state index < -0.39 is 0 Å². The van der Waals surface area contributed by atoms with Crippen molar-refractivity contribution in [2.24, 2.45) is 0 Å². The van der Waals surface area contributed by atoms with Crippen molar-refractivity contribution >= 4 is 57.2 Å². The topological polar surface area (TPSA) is 86.5 Å². The molecule has 2 amide bonds. The molecular weight excluding hydrogens is 408 g/mol. The number of carbonyl (C=O) groups is 1. The number of nitrogens with two attached hydrogens (primary N) is 1. The second-order valence-corrected chi connectivity index (χ2v) is 8.37. The Morgan fingerprint density at radius 3 is 2.83 bits per heavy atom. The number of benzene rings is 1. The van der Waals surface area contributed by atoms with Gasteiger partial charge in [0.2, 0.25) is 0 Å². The van der Waals surface area contributed by atoms with Crippen LogP contribution in [0.25, 0.3) is 10.9 Å². The second kappa shape index (κ2) is 8.59. The first kappa shape index (κ1) is 20.0. The van der Waals surface area contributed by atoms with E-state index in [9.17, 15) is 4.79 Å². The Bertz CT molecular complexity index is 925. The number of pyridine rings is 1. The van der Waals surface area contributed by atoms with Crippen molar-refractivity contribution in [3.8, 4) is 0 Å². The Balaban J connectivity index is 1.42. The van der Waals surface area contributed by atoms with Gasteiger partial charge in [0.15, 0.2) is 0 Å². The molecule has 9 heteroatoms. The minimum atomic E-state index is -0.0771. The van der Waals surface area contributed by atoms with Gasteiger partial charge < -0.3 is 26.2 Å². The van der Waals surface area contributed by atoms with Crippen LogP contribution in [-0.2, 0) is 0 Å². The van der Waals surface area contributed by atoms with Gasteiger partial charge in [-0.2, -0.15) is 0 Å². The van der Waals surface area contributed by atoms with E-state index >= 15 is 0 Å². The van der Waals surface area contributed by atoms with E-state index in [0.29, 0.717) is 23.9 Å². The summed E-state index contributed by atoms with van der Waals surface area (Å²) < 4.78 is 0. The monoisotopic (exact) mass is 432 g/mol. The molecule has 0 saturated carbocycles. The lowest BCUT2D eigenvalue weighted by atomic mass is 10.1. The Morgan fingerprint density at radius 2 is 2.03 bits per heavy atom. The van der Waals surface area contributed by atoms with Crippen molar-refractivity contribution in [1.29, 1.82) is 0 Å². The first-order valence-electron chi connectivity index (χ1n) is 9.95. The van der Waals surface area contributed by atoms with Crippen LogP contribution in [0.4, 0.5) is 16.3 Å². The average Bonchev–Trinajstić information content (AvgIpc) is 2.91. The number of hydrogen-bond donors (Lipinski definition) is 3. The number of nitrogens with zero attached hydrogens (tertiary/aromatic N) is 3. The summed E-state index contributed by atoms with van der Waals surface area (Å²) in [6.07, 6.45) is 3.04. The average molecular weight is 433 g/mol. The molecule has 4 N–H and O–H groups in total. The zero-order valence-corrected chi connectivity index (χ0v) is 17.7. The molecule has 0 aliphatic carbocycles. The van der Waals surface area contributed by atoms with Crippen LogP contribution in [0.1, 0.15) is 19.3 Å². The minimum Gasteiger partial charge on any atom is -0.384 e. The van der Waals surface area contributed by atoms with Gasteiger partial charge in [0.05, 0.1) is 16.5 Å². The van der Waals surface area contributed by atoms with E-state index in [4.69, 9.17) is 29.6 Å². The highest BCUT2D eigenvalue weighted by Crippen LogP contribution is 2.30. The van der Waals surface area contributed by atoms with Gasteiger partial charge in [-0.15, -0.1) is 0 Å². The summed E-state index contributed by atoms with van der Waals surface area (Å²) in [5.74, 6) is 0.462. The summed E-state index contributed by atoms with van der Waals surface area (Å²) in [6, 6.07) is 7.42. The molecule has 2 saturated heterocycles. The molecule has 154 valence electrons. The number of amides is 2. The Kier molecular flexibility index (Phi) is 5.91.